The van der Waals surface area contributed by atoms with E-state index in [2.05, 4.69) is 52.6 Å². The standard InChI is InChI=1S/C35H29N3O3S/c1-25-17-19-28(20-18-25)38-34(27-13-7-4-8-14-27)33(26-11-5-3-6-12-26)36-35(38)31-15-9-10-16-32(31)37-42(39,40)30-23-21-29(41-2)22-24-30/h3-24,37H,1-2H3. The van der Waals surface area contributed by atoms with Crippen LogP contribution < -0.4 is 9.46 Å². The van der Waals surface area contributed by atoms with E-state index in [9.17, 15) is 8.42 Å². The summed E-state index contributed by atoms with van der Waals surface area (Å²) in [5, 5.41) is 0. The van der Waals surface area contributed by atoms with Crippen molar-refractivity contribution in [3.05, 3.63) is 139 Å². The molecule has 0 aliphatic carbocycles. The number of rotatable bonds is 8. The third kappa shape index (κ3) is 5.30. The summed E-state index contributed by atoms with van der Waals surface area (Å²) in [5.74, 6) is 1.20. The second-order valence-electron chi connectivity index (χ2n) is 9.86. The fourth-order valence-electron chi connectivity index (χ4n) is 4.93. The van der Waals surface area contributed by atoms with E-state index in [0.717, 1.165) is 33.8 Å². The monoisotopic (exact) mass is 571 g/mol. The Morgan fingerprint density at radius 1 is 0.690 bits per heavy atom. The third-order valence-electron chi connectivity index (χ3n) is 7.05. The number of imidazole rings is 1. The van der Waals surface area contributed by atoms with Crippen LogP contribution in [0.3, 0.4) is 0 Å². The summed E-state index contributed by atoms with van der Waals surface area (Å²) in [6, 6.07) is 42.1. The molecular weight excluding hydrogens is 542 g/mol. The summed E-state index contributed by atoms with van der Waals surface area (Å²) in [7, 11) is -2.36. The van der Waals surface area contributed by atoms with Crippen molar-refractivity contribution in [1.82, 2.24) is 9.55 Å². The highest BCUT2D eigenvalue weighted by atomic mass is 32.2. The number of hydrogen-bond acceptors (Lipinski definition) is 4. The smallest absolute Gasteiger partial charge is 0.261 e. The van der Waals surface area contributed by atoms with E-state index in [0.29, 0.717) is 22.8 Å². The highest BCUT2D eigenvalue weighted by molar-refractivity contribution is 7.92. The van der Waals surface area contributed by atoms with Crippen molar-refractivity contribution in [2.75, 3.05) is 11.8 Å². The first-order valence-electron chi connectivity index (χ1n) is 13.5. The van der Waals surface area contributed by atoms with Gasteiger partial charge in [0.2, 0.25) is 0 Å². The molecule has 0 aliphatic heterocycles. The lowest BCUT2D eigenvalue weighted by molar-refractivity contribution is 0.414. The number of benzene rings is 5. The molecule has 208 valence electrons. The summed E-state index contributed by atoms with van der Waals surface area (Å²) in [5.41, 5.74) is 6.78. The maximum atomic E-state index is 13.5. The van der Waals surface area contributed by atoms with Gasteiger partial charge in [0.15, 0.2) is 0 Å². The molecule has 6 rings (SSSR count). The first-order chi connectivity index (χ1) is 20.4. The van der Waals surface area contributed by atoms with Gasteiger partial charge >= 0.3 is 0 Å². The Hall–Kier alpha value is -5.14. The van der Waals surface area contributed by atoms with Gasteiger partial charge in [0.05, 0.1) is 29.1 Å². The molecule has 0 saturated carbocycles. The van der Waals surface area contributed by atoms with E-state index in [1.54, 1.807) is 25.3 Å². The number of sulfonamides is 1. The van der Waals surface area contributed by atoms with Gasteiger partial charge in [0.25, 0.3) is 10.0 Å². The second-order valence-corrected chi connectivity index (χ2v) is 11.5. The maximum absolute atomic E-state index is 13.5. The van der Waals surface area contributed by atoms with Gasteiger partial charge in [0, 0.05) is 22.4 Å². The molecule has 0 fully saturated rings. The average Bonchev–Trinajstić information content (AvgIpc) is 3.43. The van der Waals surface area contributed by atoms with E-state index in [-0.39, 0.29) is 4.90 Å². The van der Waals surface area contributed by atoms with Gasteiger partial charge in [-0.1, -0.05) is 90.5 Å². The molecular formula is C35H29N3O3S. The largest absolute Gasteiger partial charge is 0.497 e. The molecule has 0 spiro atoms. The number of anilines is 1. The van der Waals surface area contributed by atoms with Crippen LogP contribution in [0.1, 0.15) is 5.56 Å². The molecule has 0 amide bonds. The number of ether oxygens (including phenoxy) is 1. The predicted molar refractivity (Wildman–Crippen MR) is 168 cm³/mol. The predicted octanol–water partition coefficient (Wildman–Crippen LogP) is 7.99. The van der Waals surface area contributed by atoms with Crippen LogP contribution in [0, 0.1) is 6.92 Å². The molecule has 0 aliphatic rings. The molecule has 0 saturated heterocycles. The zero-order valence-corrected chi connectivity index (χ0v) is 24.0. The van der Waals surface area contributed by atoms with Crippen molar-refractivity contribution in [3.8, 4) is 45.3 Å². The molecule has 0 atom stereocenters. The topological polar surface area (TPSA) is 73.2 Å². The Labute approximate surface area is 246 Å². The first-order valence-corrected chi connectivity index (χ1v) is 15.0. The lowest BCUT2D eigenvalue weighted by Gasteiger charge is -2.16. The highest BCUT2D eigenvalue weighted by Gasteiger charge is 2.25. The Morgan fingerprint density at radius 2 is 1.29 bits per heavy atom. The third-order valence-corrected chi connectivity index (χ3v) is 8.43. The number of hydrogen-bond donors (Lipinski definition) is 1. The number of aromatic nitrogens is 2. The SMILES string of the molecule is COc1ccc(S(=O)(=O)Nc2ccccc2-c2nc(-c3ccccc3)c(-c3ccccc3)n2-c2ccc(C)cc2)cc1. The summed E-state index contributed by atoms with van der Waals surface area (Å²) < 4.78 is 37.1. The van der Waals surface area contributed by atoms with Gasteiger partial charge in [-0.3, -0.25) is 9.29 Å². The number of methoxy groups -OCH3 is 1. The zero-order chi connectivity index (χ0) is 29.1. The lowest BCUT2D eigenvalue weighted by atomic mass is 10.0. The Balaban J connectivity index is 1.59. The molecule has 0 unspecified atom stereocenters. The quantitative estimate of drug-likeness (QED) is 0.201. The molecule has 7 heteroatoms. The van der Waals surface area contributed by atoms with E-state index in [1.807, 2.05) is 66.7 Å². The molecule has 6 aromatic rings. The molecule has 42 heavy (non-hydrogen) atoms. The van der Waals surface area contributed by atoms with E-state index >= 15 is 0 Å². The summed E-state index contributed by atoms with van der Waals surface area (Å²) in [6.45, 7) is 2.05. The van der Waals surface area contributed by atoms with Crippen LogP contribution in [0.2, 0.25) is 0 Å². The minimum atomic E-state index is -3.90. The number of aryl methyl sites for hydroxylation is 1. The van der Waals surface area contributed by atoms with Crippen LogP contribution in [0.15, 0.2) is 138 Å². The van der Waals surface area contributed by atoms with Crippen LogP contribution in [-0.2, 0) is 10.0 Å². The lowest BCUT2D eigenvalue weighted by Crippen LogP contribution is -2.14. The van der Waals surface area contributed by atoms with Crippen LogP contribution in [0.25, 0.3) is 39.6 Å². The highest BCUT2D eigenvalue weighted by Crippen LogP contribution is 2.40. The van der Waals surface area contributed by atoms with Crippen molar-refractivity contribution in [2.45, 2.75) is 11.8 Å². The normalized spacial score (nSPS) is 11.3. The molecule has 5 aromatic carbocycles. The van der Waals surface area contributed by atoms with Crippen LogP contribution in [-0.4, -0.2) is 25.1 Å². The number of para-hydroxylation sites is 1. The summed E-state index contributed by atoms with van der Waals surface area (Å²) in [6.07, 6.45) is 0. The molecule has 0 radical (unpaired) electrons. The Bertz CT molecular complexity index is 1930. The van der Waals surface area contributed by atoms with Gasteiger partial charge < -0.3 is 4.74 Å². The van der Waals surface area contributed by atoms with Crippen LogP contribution in [0.4, 0.5) is 5.69 Å². The molecule has 1 aromatic heterocycles. The van der Waals surface area contributed by atoms with Gasteiger partial charge in [0.1, 0.15) is 11.6 Å². The Kier molecular flexibility index (Phi) is 7.33. The summed E-state index contributed by atoms with van der Waals surface area (Å²) in [4.78, 5) is 5.36. The van der Waals surface area contributed by atoms with Gasteiger partial charge in [-0.25, -0.2) is 13.4 Å². The maximum Gasteiger partial charge on any atom is 0.261 e. The van der Waals surface area contributed by atoms with Gasteiger partial charge in [-0.15, -0.1) is 0 Å². The number of nitrogens with zero attached hydrogens (tertiary/aromatic N) is 2. The van der Waals surface area contributed by atoms with Gasteiger partial charge in [-0.2, -0.15) is 0 Å². The summed E-state index contributed by atoms with van der Waals surface area (Å²) >= 11 is 0. The minimum absolute atomic E-state index is 0.134. The number of nitrogens with one attached hydrogen (secondary N) is 1. The fraction of sp³-hybridized carbons (Fsp3) is 0.0571. The zero-order valence-electron chi connectivity index (χ0n) is 23.2. The van der Waals surface area contributed by atoms with E-state index in [1.165, 1.54) is 12.1 Å². The van der Waals surface area contributed by atoms with Gasteiger partial charge in [-0.05, 0) is 55.5 Å². The molecule has 1 N–H and O–H groups in total. The second kappa shape index (κ2) is 11.4. The molecule has 1 heterocycles. The van der Waals surface area contributed by atoms with Crippen LogP contribution >= 0.6 is 0 Å². The first kappa shape index (κ1) is 27.1. The molecule has 0 bridgehead atoms. The minimum Gasteiger partial charge on any atom is -0.497 e. The fourth-order valence-corrected chi connectivity index (χ4v) is 6.01. The van der Waals surface area contributed by atoms with E-state index < -0.39 is 10.0 Å². The Morgan fingerprint density at radius 3 is 1.93 bits per heavy atom. The average molecular weight is 572 g/mol. The molecule has 6 nitrogen and oxygen atoms in total. The van der Waals surface area contributed by atoms with Crippen molar-refractivity contribution in [1.29, 1.82) is 0 Å². The van der Waals surface area contributed by atoms with Crippen molar-refractivity contribution < 1.29 is 13.2 Å². The van der Waals surface area contributed by atoms with Crippen molar-refractivity contribution >= 4 is 15.7 Å². The van der Waals surface area contributed by atoms with Crippen LogP contribution in [0.5, 0.6) is 5.75 Å². The van der Waals surface area contributed by atoms with E-state index in [4.69, 9.17) is 9.72 Å². The van der Waals surface area contributed by atoms with Crippen molar-refractivity contribution in [2.24, 2.45) is 0 Å². The van der Waals surface area contributed by atoms with Crippen molar-refractivity contribution in [3.63, 3.8) is 0 Å².